The van der Waals surface area contributed by atoms with Crippen LogP contribution < -0.4 is 15.4 Å². The van der Waals surface area contributed by atoms with E-state index in [1.807, 2.05) is 18.2 Å². The lowest BCUT2D eigenvalue weighted by molar-refractivity contribution is -0.123. The Bertz CT molecular complexity index is 535. The minimum Gasteiger partial charge on any atom is -0.496 e. The molecule has 24 heavy (non-hydrogen) atoms. The van der Waals surface area contributed by atoms with Gasteiger partial charge in [0.2, 0.25) is 5.91 Å². The zero-order valence-corrected chi connectivity index (χ0v) is 15.1. The van der Waals surface area contributed by atoms with Crippen molar-refractivity contribution in [3.05, 3.63) is 29.8 Å². The van der Waals surface area contributed by atoms with Crippen molar-refractivity contribution in [3.63, 3.8) is 0 Å². The third-order valence-electron chi connectivity index (χ3n) is 4.92. The van der Waals surface area contributed by atoms with Gasteiger partial charge in [0.05, 0.1) is 19.7 Å². The van der Waals surface area contributed by atoms with E-state index in [1.54, 1.807) is 7.11 Å². The molecule has 5 nitrogen and oxygen atoms in total. The highest BCUT2D eigenvalue weighted by Gasteiger charge is 2.28. The minimum atomic E-state index is 0. The van der Waals surface area contributed by atoms with Crippen LogP contribution in [0.4, 0.5) is 0 Å². The van der Waals surface area contributed by atoms with Gasteiger partial charge in [0.25, 0.3) is 0 Å². The molecule has 1 saturated carbocycles. The quantitative estimate of drug-likeness (QED) is 0.851. The highest BCUT2D eigenvalue weighted by atomic mass is 35.5. The second-order valence-corrected chi connectivity index (χ2v) is 6.48. The maximum absolute atomic E-state index is 12.4. The first kappa shape index (κ1) is 19.0. The molecule has 0 bridgehead atoms. The molecule has 2 aliphatic rings. The fourth-order valence-electron chi connectivity index (χ4n) is 3.71. The Morgan fingerprint density at radius 3 is 2.83 bits per heavy atom. The second-order valence-electron chi connectivity index (χ2n) is 6.48. The maximum Gasteiger partial charge on any atom is 0.234 e. The molecular weight excluding hydrogens is 326 g/mol. The number of benzene rings is 1. The summed E-state index contributed by atoms with van der Waals surface area (Å²) in [6.07, 6.45) is 4.73. The number of hydrogen-bond acceptors (Lipinski definition) is 4. The van der Waals surface area contributed by atoms with Crippen molar-refractivity contribution in [1.82, 2.24) is 15.5 Å². The number of carbonyl (C=O) groups excluding carboxylic acids is 1. The average Bonchev–Trinajstić information content (AvgIpc) is 3.08. The van der Waals surface area contributed by atoms with Gasteiger partial charge in [-0.05, 0) is 18.9 Å². The van der Waals surface area contributed by atoms with Crippen LogP contribution in [0.15, 0.2) is 24.3 Å². The Morgan fingerprint density at radius 1 is 1.33 bits per heavy atom. The number of halogens is 1. The third-order valence-corrected chi connectivity index (χ3v) is 4.92. The van der Waals surface area contributed by atoms with Crippen molar-refractivity contribution in [2.45, 2.75) is 37.8 Å². The normalized spacial score (nSPS) is 22.0. The molecule has 1 amide bonds. The molecule has 1 aliphatic heterocycles. The molecule has 1 aliphatic carbocycles. The van der Waals surface area contributed by atoms with E-state index in [0.29, 0.717) is 12.6 Å². The summed E-state index contributed by atoms with van der Waals surface area (Å²) < 4.78 is 5.50. The van der Waals surface area contributed by atoms with E-state index in [2.05, 4.69) is 21.6 Å². The maximum atomic E-state index is 12.4. The standard InChI is InChI=1S/C18H27N3O2.ClH/c1-23-17-9-5-4-8-15(17)16-12-19-10-11-21(16)13-18(22)20-14-6-2-3-7-14;/h4-5,8-9,14,16,19H,2-3,6-7,10-13H2,1H3,(H,20,22);1H. The molecule has 2 fully saturated rings. The van der Waals surface area contributed by atoms with E-state index < -0.39 is 0 Å². The molecule has 0 radical (unpaired) electrons. The van der Waals surface area contributed by atoms with E-state index in [0.717, 1.165) is 43.8 Å². The first-order chi connectivity index (χ1) is 11.3. The van der Waals surface area contributed by atoms with Crippen LogP contribution in [0.5, 0.6) is 5.75 Å². The van der Waals surface area contributed by atoms with Gasteiger partial charge in [-0.25, -0.2) is 0 Å². The third kappa shape index (κ3) is 4.62. The Labute approximate surface area is 150 Å². The summed E-state index contributed by atoms with van der Waals surface area (Å²) in [6, 6.07) is 8.65. The number of ether oxygens (including phenoxy) is 1. The Morgan fingerprint density at radius 2 is 2.08 bits per heavy atom. The van der Waals surface area contributed by atoms with Crippen LogP contribution in [0.3, 0.4) is 0 Å². The van der Waals surface area contributed by atoms with Crippen molar-refractivity contribution in [2.75, 3.05) is 33.3 Å². The van der Waals surface area contributed by atoms with E-state index in [-0.39, 0.29) is 24.4 Å². The highest BCUT2D eigenvalue weighted by molar-refractivity contribution is 5.85. The number of nitrogens with one attached hydrogen (secondary N) is 2. The minimum absolute atomic E-state index is 0. The molecule has 1 aromatic rings. The van der Waals surface area contributed by atoms with Gasteiger partial charge in [-0.15, -0.1) is 12.4 Å². The van der Waals surface area contributed by atoms with Gasteiger partial charge in [0.15, 0.2) is 0 Å². The lowest BCUT2D eigenvalue weighted by Crippen LogP contribution is -2.50. The number of hydrogen-bond donors (Lipinski definition) is 2. The van der Waals surface area contributed by atoms with Crippen LogP contribution in [0.1, 0.15) is 37.3 Å². The summed E-state index contributed by atoms with van der Waals surface area (Å²) in [5, 5.41) is 6.63. The van der Waals surface area contributed by atoms with Crippen LogP contribution in [-0.2, 0) is 4.79 Å². The number of methoxy groups -OCH3 is 1. The number of amides is 1. The average molecular weight is 354 g/mol. The second kappa shape index (κ2) is 9.25. The number of nitrogens with zero attached hydrogens (tertiary/aromatic N) is 1. The first-order valence-electron chi connectivity index (χ1n) is 8.65. The van der Waals surface area contributed by atoms with Crippen molar-refractivity contribution in [2.24, 2.45) is 0 Å². The smallest absolute Gasteiger partial charge is 0.234 e. The lowest BCUT2D eigenvalue weighted by Gasteiger charge is -2.36. The van der Waals surface area contributed by atoms with Crippen LogP contribution in [0.2, 0.25) is 0 Å². The number of carbonyl (C=O) groups is 1. The summed E-state index contributed by atoms with van der Waals surface area (Å²) in [5.74, 6) is 1.04. The zero-order chi connectivity index (χ0) is 16.1. The van der Waals surface area contributed by atoms with Crippen LogP contribution in [0, 0.1) is 0 Å². The highest BCUT2D eigenvalue weighted by Crippen LogP contribution is 2.30. The number of para-hydroxylation sites is 1. The molecule has 6 heteroatoms. The summed E-state index contributed by atoms with van der Waals surface area (Å²) in [6.45, 7) is 3.10. The molecule has 1 heterocycles. The molecule has 1 saturated heterocycles. The van der Waals surface area contributed by atoms with Gasteiger partial charge < -0.3 is 15.4 Å². The predicted octanol–water partition coefficient (Wildman–Crippen LogP) is 2.12. The van der Waals surface area contributed by atoms with Crippen LogP contribution in [-0.4, -0.2) is 50.1 Å². The van der Waals surface area contributed by atoms with E-state index in [9.17, 15) is 4.79 Å². The van der Waals surface area contributed by atoms with Crippen LogP contribution in [0.25, 0.3) is 0 Å². The van der Waals surface area contributed by atoms with Gasteiger partial charge in [0.1, 0.15) is 5.75 Å². The number of piperazine rings is 1. The van der Waals surface area contributed by atoms with Crippen molar-refractivity contribution < 1.29 is 9.53 Å². The van der Waals surface area contributed by atoms with Gasteiger partial charge in [-0.1, -0.05) is 31.0 Å². The summed E-state index contributed by atoms with van der Waals surface area (Å²) in [5.41, 5.74) is 1.15. The van der Waals surface area contributed by atoms with E-state index >= 15 is 0 Å². The molecule has 1 atom stereocenters. The number of rotatable bonds is 5. The molecule has 1 aromatic carbocycles. The molecule has 134 valence electrons. The fraction of sp³-hybridized carbons (Fsp3) is 0.611. The van der Waals surface area contributed by atoms with Gasteiger partial charge in [-0.2, -0.15) is 0 Å². The van der Waals surface area contributed by atoms with Gasteiger partial charge in [0, 0.05) is 31.2 Å². The first-order valence-corrected chi connectivity index (χ1v) is 8.65. The fourth-order valence-corrected chi connectivity index (χ4v) is 3.71. The lowest BCUT2D eigenvalue weighted by atomic mass is 10.0. The molecular formula is C18H28ClN3O2. The topological polar surface area (TPSA) is 53.6 Å². The predicted molar refractivity (Wildman–Crippen MR) is 97.8 cm³/mol. The Kier molecular flexibility index (Phi) is 7.34. The molecule has 2 N–H and O–H groups in total. The van der Waals surface area contributed by atoms with Crippen molar-refractivity contribution in [3.8, 4) is 5.75 Å². The van der Waals surface area contributed by atoms with Crippen molar-refractivity contribution >= 4 is 18.3 Å². The summed E-state index contributed by atoms with van der Waals surface area (Å²) >= 11 is 0. The van der Waals surface area contributed by atoms with E-state index in [1.165, 1.54) is 12.8 Å². The van der Waals surface area contributed by atoms with E-state index in [4.69, 9.17) is 4.74 Å². The Hall–Kier alpha value is -1.30. The van der Waals surface area contributed by atoms with Crippen LogP contribution >= 0.6 is 12.4 Å². The largest absolute Gasteiger partial charge is 0.496 e. The van der Waals surface area contributed by atoms with Gasteiger partial charge in [-0.3, -0.25) is 9.69 Å². The van der Waals surface area contributed by atoms with Crippen molar-refractivity contribution in [1.29, 1.82) is 0 Å². The molecule has 0 aromatic heterocycles. The molecule has 3 rings (SSSR count). The SMILES string of the molecule is COc1ccccc1C1CNCCN1CC(=O)NC1CCCC1.Cl. The summed E-state index contributed by atoms with van der Waals surface area (Å²) in [4.78, 5) is 14.7. The molecule has 1 unspecified atom stereocenters. The summed E-state index contributed by atoms with van der Waals surface area (Å²) in [7, 11) is 1.70. The monoisotopic (exact) mass is 353 g/mol. The van der Waals surface area contributed by atoms with Gasteiger partial charge >= 0.3 is 0 Å². The Balaban J connectivity index is 0.00000208. The molecule has 0 spiro atoms. The zero-order valence-electron chi connectivity index (χ0n) is 14.3.